The zero-order valence-electron chi connectivity index (χ0n) is 19.2. The summed E-state index contributed by atoms with van der Waals surface area (Å²) in [4.78, 5) is 24.3. The third-order valence-electron chi connectivity index (χ3n) is 5.33. The first kappa shape index (κ1) is 24.3. The van der Waals surface area contributed by atoms with Gasteiger partial charge in [-0.1, -0.05) is 37.1 Å². The molecule has 1 amide bonds. The van der Waals surface area contributed by atoms with Crippen molar-refractivity contribution in [2.45, 2.75) is 44.8 Å². The fourth-order valence-corrected chi connectivity index (χ4v) is 3.58. The lowest BCUT2D eigenvalue weighted by Gasteiger charge is -2.19. The molecule has 33 heavy (non-hydrogen) atoms. The average molecular weight is 454 g/mol. The number of nitrogens with one attached hydrogen (secondary N) is 1. The van der Waals surface area contributed by atoms with Gasteiger partial charge in [0, 0.05) is 6.42 Å². The smallest absolute Gasteiger partial charge is 0.305 e. The van der Waals surface area contributed by atoms with Gasteiger partial charge in [-0.3, -0.25) is 9.59 Å². The number of fused-ring (bicyclic) bond motifs is 3. The number of benzene rings is 2. The van der Waals surface area contributed by atoms with Crippen LogP contribution in [0.15, 0.2) is 48.5 Å². The van der Waals surface area contributed by atoms with Crippen LogP contribution in [-0.4, -0.2) is 38.8 Å². The monoisotopic (exact) mass is 453 g/mol. The van der Waals surface area contributed by atoms with Crippen LogP contribution in [0.1, 0.15) is 43.2 Å². The zero-order valence-corrected chi connectivity index (χ0v) is 19.2. The Morgan fingerprint density at radius 1 is 1.12 bits per heavy atom. The Hall–Kier alpha value is -3.32. The number of amides is 1. The number of para-hydroxylation sites is 2. The summed E-state index contributed by atoms with van der Waals surface area (Å²) in [6.45, 7) is 0.635. The van der Waals surface area contributed by atoms with Gasteiger partial charge in [0.15, 0.2) is 0 Å². The number of carbonyl (C=O) groups is 2. The molecule has 1 aliphatic heterocycles. The van der Waals surface area contributed by atoms with Crippen LogP contribution in [0.5, 0.6) is 11.5 Å². The highest BCUT2D eigenvalue weighted by molar-refractivity contribution is 5.95. The largest absolute Gasteiger partial charge is 0.497 e. The lowest BCUT2D eigenvalue weighted by molar-refractivity contribution is -0.140. The summed E-state index contributed by atoms with van der Waals surface area (Å²) in [5.41, 5.74) is 2.51. The van der Waals surface area contributed by atoms with Gasteiger partial charge in [0.1, 0.15) is 24.2 Å². The number of hydrogen-bond acceptors (Lipinski definition) is 6. The summed E-state index contributed by atoms with van der Waals surface area (Å²) >= 11 is 0. The molecule has 0 saturated heterocycles. The van der Waals surface area contributed by atoms with Crippen molar-refractivity contribution >= 4 is 23.6 Å². The van der Waals surface area contributed by atoms with E-state index in [0.717, 1.165) is 36.1 Å². The third-order valence-corrected chi connectivity index (χ3v) is 5.33. The average Bonchev–Trinajstić information content (AvgIpc) is 2.83. The van der Waals surface area contributed by atoms with E-state index >= 15 is 0 Å². The Morgan fingerprint density at radius 3 is 2.79 bits per heavy atom. The van der Waals surface area contributed by atoms with E-state index in [2.05, 4.69) is 10.1 Å². The Kier molecular flexibility index (Phi) is 9.32. The van der Waals surface area contributed by atoms with Crippen LogP contribution in [0.25, 0.3) is 6.08 Å². The molecule has 2 aromatic carbocycles. The van der Waals surface area contributed by atoms with Gasteiger partial charge in [-0.15, -0.1) is 0 Å². The van der Waals surface area contributed by atoms with Crippen LogP contribution in [-0.2, 0) is 25.7 Å². The first-order valence-corrected chi connectivity index (χ1v) is 11.1. The van der Waals surface area contributed by atoms with E-state index in [0.29, 0.717) is 37.5 Å². The van der Waals surface area contributed by atoms with Gasteiger partial charge < -0.3 is 24.3 Å². The molecule has 7 nitrogen and oxygen atoms in total. The number of hydrogen-bond donors (Lipinski definition) is 1. The minimum absolute atomic E-state index is 0.218. The molecule has 1 unspecified atom stereocenters. The number of anilines is 1. The van der Waals surface area contributed by atoms with E-state index in [4.69, 9.17) is 14.2 Å². The van der Waals surface area contributed by atoms with Crippen LogP contribution < -0.4 is 14.8 Å². The molecule has 0 saturated carbocycles. The summed E-state index contributed by atoms with van der Waals surface area (Å²) in [6, 6.07) is 13.2. The van der Waals surface area contributed by atoms with E-state index in [9.17, 15) is 9.59 Å². The molecule has 2 aromatic rings. The zero-order chi connectivity index (χ0) is 23.5. The second-order valence-electron chi connectivity index (χ2n) is 7.79. The van der Waals surface area contributed by atoms with Gasteiger partial charge in [0.05, 0.1) is 26.5 Å². The Morgan fingerprint density at radius 2 is 1.97 bits per heavy atom. The number of ether oxygens (including phenoxy) is 4. The fraction of sp³-hybridized carbons (Fsp3) is 0.385. The molecule has 1 aliphatic rings. The van der Waals surface area contributed by atoms with Crippen molar-refractivity contribution in [3.8, 4) is 11.5 Å². The highest BCUT2D eigenvalue weighted by atomic mass is 16.5. The first-order valence-electron chi connectivity index (χ1n) is 11.1. The van der Waals surface area contributed by atoms with E-state index < -0.39 is 6.10 Å². The molecule has 7 heteroatoms. The van der Waals surface area contributed by atoms with Crippen molar-refractivity contribution in [1.29, 1.82) is 0 Å². The van der Waals surface area contributed by atoms with Crippen molar-refractivity contribution in [2.75, 3.05) is 26.1 Å². The van der Waals surface area contributed by atoms with Gasteiger partial charge in [0.2, 0.25) is 0 Å². The molecule has 1 atom stereocenters. The second-order valence-corrected chi connectivity index (χ2v) is 7.79. The van der Waals surface area contributed by atoms with Crippen LogP contribution in [0.3, 0.4) is 0 Å². The van der Waals surface area contributed by atoms with Gasteiger partial charge in [-0.25, -0.2) is 0 Å². The SMILES string of the molecule is COC(=O)CCCCCC1OCC=Cc2cc(cc(OC)c2)COc2ccccc2NC1=O. The van der Waals surface area contributed by atoms with E-state index in [1.807, 2.05) is 54.6 Å². The molecule has 1 heterocycles. The Labute approximate surface area is 194 Å². The summed E-state index contributed by atoms with van der Waals surface area (Å²) in [6.07, 6.45) is 6.42. The molecule has 0 spiro atoms. The van der Waals surface area contributed by atoms with Gasteiger partial charge in [0.25, 0.3) is 5.91 Å². The maximum Gasteiger partial charge on any atom is 0.305 e. The van der Waals surface area contributed by atoms with Gasteiger partial charge in [-0.05, 0) is 54.3 Å². The van der Waals surface area contributed by atoms with Crippen molar-refractivity contribution in [1.82, 2.24) is 0 Å². The maximum atomic E-state index is 13.0. The molecule has 2 bridgehead atoms. The molecule has 176 valence electrons. The lowest BCUT2D eigenvalue weighted by atomic mass is 10.1. The summed E-state index contributed by atoms with van der Waals surface area (Å²) in [5.74, 6) is 0.893. The number of unbranched alkanes of at least 4 members (excludes halogenated alkanes) is 2. The normalized spacial score (nSPS) is 16.1. The molecule has 3 rings (SSSR count). The number of rotatable bonds is 7. The van der Waals surface area contributed by atoms with Crippen molar-refractivity contribution in [3.05, 3.63) is 59.7 Å². The van der Waals surface area contributed by atoms with E-state index in [1.54, 1.807) is 7.11 Å². The quantitative estimate of drug-likeness (QED) is 0.481. The number of methoxy groups -OCH3 is 2. The Bertz CT molecular complexity index is 971. The molecular weight excluding hydrogens is 422 g/mol. The van der Waals surface area contributed by atoms with Crippen LogP contribution in [0, 0.1) is 0 Å². The topological polar surface area (TPSA) is 83.1 Å². The second kappa shape index (κ2) is 12.6. The predicted octanol–water partition coefficient (Wildman–Crippen LogP) is 4.75. The van der Waals surface area contributed by atoms with Gasteiger partial charge in [-0.2, -0.15) is 0 Å². The Balaban J connectivity index is 1.75. The highest BCUT2D eigenvalue weighted by Gasteiger charge is 2.20. The summed E-state index contributed by atoms with van der Waals surface area (Å²) in [5, 5.41) is 2.95. The minimum atomic E-state index is -0.621. The van der Waals surface area contributed by atoms with Crippen LogP contribution in [0.4, 0.5) is 5.69 Å². The van der Waals surface area contributed by atoms with Crippen LogP contribution >= 0.6 is 0 Å². The van der Waals surface area contributed by atoms with Crippen LogP contribution in [0.2, 0.25) is 0 Å². The molecule has 0 radical (unpaired) electrons. The molecule has 0 aromatic heterocycles. The molecular formula is C26H31NO6. The standard InChI is InChI=1S/C26H31NO6/c1-30-21-16-19-9-8-14-32-24(12-4-3-5-13-25(28)31-2)26(29)27-22-10-6-7-11-23(22)33-18-20(15-19)17-21/h6-11,15-17,24H,3-5,12-14,18H2,1-2H3,(H,27,29). The maximum absolute atomic E-state index is 13.0. The summed E-state index contributed by atoms with van der Waals surface area (Å²) < 4.78 is 22.0. The number of carbonyl (C=O) groups excluding carboxylic acids is 2. The predicted molar refractivity (Wildman–Crippen MR) is 126 cm³/mol. The number of esters is 1. The molecule has 0 aliphatic carbocycles. The van der Waals surface area contributed by atoms with Crippen molar-refractivity contribution in [3.63, 3.8) is 0 Å². The molecule has 0 fully saturated rings. The first-order chi connectivity index (χ1) is 16.1. The minimum Gasteiger partial charge on any atom is -0.497 e. The third kappa shape index (κ3) is 7.64. The summed E-state index contributed by atoms with van der Waals surface area (Å²) in [7, 11) is 3.02. The van der Waals surface area contributed by atoms with E-state index in [-0.39, 0.29) is 11.9 Å². The highest BCUT2D eigenvalue weighted by Crippen LogP contribution is 2.27. The lowest BCUT2D eigenvalue weighted by Crippen LogP contribution is -2.31. The van der Waals surface area contributed by atoms with E-state index in [1.165, 1.54) is 7.11 Å². The fourth-order valence-electron chi connectivity index (χ4n) is 3.58. The van der Waals surface area contributed by atoms with Gasteiger partial charge >= 0.3 is 5.97 Å². The molecule has 1 N–H and O–H groups in total. The van der Waals surface area contributed by atoms with Crippen molar-refractivity contribution in [2.24, 2.45) is 0 Å². The van der Waals surface area contributed by atoms with Crippen molar-refractivity contribution < 1.29 is 28.5 Å².